The first kappa shape index (κ1) is 5.86. The number of nitriles is 1. The van der Waals surface area contributed by atoms with E-state index >= 15 is 0 Å². The normalized spacial score (nSPS) is 9.73. The van der Waals surface area contributed by atoms with E-state index in [0.717, 1.165) is 11.4 Å². The minimum atomic E-state index is 0.358. The Morgan fingerprint density at radius 2 is 2.45 bits per heavy atom. The second-order valence-electron chi connectivity index (χ2n) is 2.11. The number of hydrogen-bond donors (Lipinski definition) is 1. The lowest BCUT2D eigenvalue weighted by Crippen LogP contribution is -1.90. The molecular formula is C7H4N4. The topological polar surface area (TPSA) is 65.4 Å². The summed E-state index contributed by atoms with van der Waals surface area (Å²) < 4.78 is 0. The van der Waals surface area contributed by atoms with Crippen LogP contribution >= 0.6 is 0 Å². The molecule has 0 spiro atoms. The van der Waals surface area contributed by atoms with Crippen molar-refractivity contribution in [2.45, 2.75) is 0 Å². The van der Waals surface area contributed by atoms with Gasteiger partial charge in [0.15, 0.2) is 5.69 Å². The van der Waals surface area contributed by atoms with E-state index in [1.54, 1.807) is 12.3 Å². The predicted molar refractivity (Wildman–Crippen MR) is 37.7 cm³/mol. The maximum Gasteiger partial charge on any atom is 0.162 e. The molecule has 4 heteroatoms. The average Bonchev–Trinajstić information content (AvgIpc) is 2.50. The summed E-state index contributed by atoms with van der Waals surface area (Å²) in [5, 5.41) is 15.0. The van der Waals surface area contributed by atoms with Gasteiger partial charge in [-0.1, -0.05) is 0 Å². The van der Waals surface area contributed by atoms with Crippen molar-refractivity contribution in [3.63, 3.8) is 0 Å². The third-order valence-electron chi connectivity index (χ3n) is 1.42. The molecule has 0 radical (unpaired) electrons. The molecule has 1 N–H and O–H groups in total. The van der Waals surface area contributed by atoms with Crippen molar-refractivity contribution in [2.75, 3.05) is 0 Å². The van der Waals surface area contributed by atoms with Gasteiger partial charge in [-0.2, -0.15) is 10.4 Å². The number of hydrogen-bond acceptors (Lipinski definition) is 3. The molecule has 0 unspecified atom stereocenters. The molecule has 2 heterocycles. The minimum Gasteiger partial charge on any atom is -0.275 e. The highest BCUT2D eigenvalue weighted by Crippen LogP contribution is 2.15. The zero-order valence-electron chi connectivity index (χ0n) is 5.57. The number of nitrogens with zero attached hydrogens (tertiary/aromatic N) is 3. The van der Waals surface area contributed by atoms with Crippen LogP contribution < -0.4 is 0 Å². The Morgan fingerprint density at radius 3 is 3.27 bits per heavy atom. The molecule has 0 saturated heterocycles. The molecule has 0 aromatic carbocycles. The quantitative estimate of drug-likeness (QED) is 0.594. The van der Waals surface area contributed by atoms with Crippen LogP contribution in [0.3, 0.4) is 0 Å². The van der Waals surface area contributed by atoms with Crippen LogP contribution in [0.4, 0.5) is 0 Å². The van der Waals surface area contributed by atoms with Gasteiger partial charge in [0.2, 0.25) is 0 Å². The first-order valence-electron chi connectivity index (χ1n) is 3.10. The fourth-order valence-corrected chi connectivity index (χ4v) is 0.896. The summed E-state index contributed by atoms with van der Waals surface area (Å²) in [5.74, 6) is 0. The molecule has 11 heavy (non-hydrogen) atoms. The van der Waals surface area contributed by atoms with Crippen LogP contribution in [0.15, 0.2) is 18.3 Å². The number of H-pyrrole nitrogens is 1. The summed E-state index contributed by atoms with van der Waals surface area (Å²) in [4.78, 5) is 4.00. The first-order chi connectivity index (χ1) is 5.40. The van der Waals surface area contributed by atoms with Crippen molar-refractivity contribution in [2.24, 2.45) is 0 Å². The molecule has 0 amide bonds. The SMILES string of the molecule is N#Cc1cc2nccc-2[nH]n1. The molecular weight excluding hydrogens is 140 g/mol. The van der Waals surface area contributed by atoms with E-state index in [4.69, 9.17) is 5.26 Å². The van der Waals surface area contributed by atoms with Crippen molar-refractivity contribution in [1.29, 1.82) is 5.26 Å². The molecule has 2 aliphatic rings. The summed E-state index contributed by atoms with van der Waals surface area (Å²) in [5.41, 5.74) is 1.98. The Bertz CT molecular complexity index is 384. The second kappa shape index (κ2) is 2.06. The minimum absolute atomic E-state index is 0.358. The van der Waals surface area contributed by atoms with E-state index in [0.29, 0.717) is 5.69 Å². The summed E-state index contributed by atoms with van der Waals surface area (Å²) in [7, 11) is 0. The van der Waals surface area contributed by atoms with Crippen LogP contribution in [0, 0.1) is 11.3 Å². The summed E-state index contributed by atoms with van der Waals surface area (Å²) in [6, 6.07) is 5.38. The monoisotopic (exact) mass is 144 g/mol. The number of aromatic amines is 1. The third-order valence-corrected chi connectivity index (χ3v) is 1.42. The van der Waals surface area contributed by atoms with Gasteiger partial charge in [0.25, 0.3) is 0 Å². The summed E-state index contributed by atoms with van der Waals surface area (Å²) >= 11 is 0. The molecule has 0 atom stereocenters. The Hall–Kier alpha value is -1.89. The Morgan fingerprint density at radius 1 is 1.55 bits per heavy atom. The molecule has 0 bridgehead atoms. The van der Waals surface area contributed by atoms with Crippen molar-refractivity contribution in [3.05, 3.63) is 24.0 Å². The lowest BCUT2D eigenvalue weighted by atomic mass is 10.3. The van der Waals surface area contributed by atoms with E-state index in [1.807, 2.05) is 12.1 Å². The van der Waals surface area contributed by atoms with E-state index in [9.17, 15) is 0 Å². The second-order valence-corrected chi connectivity index (χ2v) is 2.11. The molecule has 52 valence electrons. The lowest BCUT2D eigenvalue weighted by Gasteiger charge is -1.94. The van der Waals surface area contributed by atoms with Crippen LogP contribution in [0.2, 0.25) is 0 Å². The standard InChI is InChI=1S/C7H4N4/c8-4-5-3-7-6(11-10-5)1-2-9-7/h1-3,11H. The number of rotatable bonds is 0. The Labute approximate surface area is 62.8 Å². The molecule has 4 nitrogen and oxygen atoms in total. The van der Waals surface area contributed by atoms with Crippen LogP contribution in [0.1, 0.15) is 5.69 Å². The van der Waals surface area contributed by atoms with Gasteiger partial charge < -0.3 is 0 Å². The molecule has 0 fully saturated rings. The summed E-state index contributed by atoms with van der Waals surface area (Å²) in [6.07, 6.45) is 1.67. The highest BCUT2D eigenvalue weighted by atomic mass is 15.1. The molecule has 0 aromatic heterocycles. The fraction of sp³-hybridized carbons (Fsp3) is 0. The first-order valence-corrected chi connectivity index (χ1v) is 3.10. The van der Waals surface area contributed by atoms with Gasteiger partial charge in [-0.05, 0) is 6.07 Å². The lowest BCUT2D eigenvalue weighted by molar-refractivity contribution is 1.01. The van der Waals surface area contributed by atoms with Gasteiger partial charge >= 0.3 is 0 Å². The molecule has 0 aliphatic carbocycles. The number of fused-ring (bicyclic) bond motifs is 1. The van der Waals surface area contributed by atoms with Crippen LogP contribution in [-0.2, 0) is 0 Å². The highest BCUT2D eigenvalue weighted by Gasteiger charge is 2.04. The zero-order valence-corrected chi connectivity index (χ0v) is 5.57. The average molecular weight is 144 g/mol. The van der Waals surface area contributed by atoms with Gasteiger partial charge in [-0.25, -0.2) is 0 Å². The molecule has 2 aliphatic heterocycles. The Balaban J connectivity index is 2.71. The van der Waals surface area contributed by atoms with Crippen molar-refractivity contribution < 1.29 is 0 Å². The van der Waals surface area contributed by atoms with Crippen molar-refractivity contribution in [3.8, 4) is 17.5 Å². The highest BCUT2D eigenvalue weighted by molar-refractivity contribution is 5.56. The molecule has 0 aromatic rings. The van der Waals surface area contributed by atoms with Gasteiger partial charge in [0.05, 0.1) is 11.4 Å². The van der Waals surface area contributed by atoms with Gasteiger partial charge in [-0.3, -0.25) is 10.1 Å². The van der Waals surface area contributed by atoms with Crippen molar-refractivity contribution >= 4 is 0 Å². The maximum absolute atomic E-state index is 8.47. The van der Waals surface area contributed by atoms with Gasteiger partial charge in [-0.15, -0.1) is 0 Å². The molecule has 0 saturated carbocycles. The van der Waals surface area contributed by atoms with Crippen LogP contribution in [0.25, 0.3) is 11.4 Å². The molecule has 2 rings (SSSR count). The van der Waals surface area contributed by atoms with E-state index in [2.05, 4.69) is 15.2 Å². The number of nitrogens with one attached hydrogen (secondary N) is 1. The Kier molecular flexibility index (Phi) is 1.10. The van der Waals surface area contributed by atoms with Gasteiger partial charge in [0.1, 0.15) is 6.07 Å². The van der Waals surface area contributed by atoms with Crippen molar-refractivity contribution in [1.82, 2.24) is 15.2 Å². The van der Waals surface area contributed by atoms with E-state index in [1.165, 1.54) is 0 Å². The third kappa shape index (κ3) is 0.829. The van der Waals surface area contributed by atoms with E-state index < -0.39 is 0 Å². The fourth-order valence-electron chi connectivity index (χ4n) is 0.896. The number of aromatic nitrogens is 3. The maximum atomic E-state index is 8.47. The zero-order chi connectivity index (χ0) is 7.68. The van der Waals surface area contributed by atoms with Crippen LogP contribution in [-0.4, -0.2) is 15.2 Å². The van der Waals surface area contributed by atoms with E-state index in [-0.39, 0.29) is 0 Å². The largest absolute Gasteiger partial charge is 0.275 e. The smallest absolute Gasteiger partial charge is 0.162 e. The van der Waals surface area contributed by atoms with Crippen LogP contribution in [0.5, 0.6) is 0 Å². The van der Waals surface area contributed by atoms with Gasteiger partial charge in [0, 0.05) is 12.3 Å². The predicted octanol–water partition coefficient (Wildman–Crippen LogP) is 0.781. The summed E-state index contributed by atoms with van der Waals surface area (Å²) in [6.45, 7) is 0.